The summed E-state index contributed by atoms with van der Waals surface area (Å²) in [5, 5.41) is 9.00. The van der Waals surface area contributed by atoms with Gasteiger partial charge in [0.1, 0.15) is 5.75 Å². The van der Waals surface area contributed by atoms with Gasteiger partial charge in [-0.25, -0.2) is 0 Å². The molecule has 0 heterocycles. The van der Waals surface area contributed by atoms with Gasteiger partial charge in [0.15, 0.2) is 0 Å². The fourth-order valence-electron chi connectivity index (χ4n) is 1.16. The van der Waals surface area contributed by atoms with E-state index in [4.69, 9.17) is 16.7 Å². The number of phenols is 1. The third-order valence-electron chi connectivity index (χ3n) is 2.07. The molecule has 0 aromatic heterocycles. The fourth-order valence-corrected chi connectivity index (χ4v) is 1.38. The molecule has 1 aromatic rings. The maximum absolute atomic E-state index is 9.00. The first-order valence-corrected chi connectivity index (χ1v) is 4.07. The van der Waals surface area contributed by atoms with Crippen LogP contribution in [-0.2, 0) is 4.87 Å². The van der Waals surface area contributed by atoms with Crippen LogP contribution in [0.25, 0.3) is 0 Å². The molecule has 0 aliphatic heterocycles. The smallest absolute Gasteiger partial charge is 0.115 e. The van der Waals surface area contributed by atoms with Crippen molar-refractivity contribution in [1.82, 2.24) is 0 Å². The van der Waals surface area contributed by atoms with Crippen LogP contribution in [0.3, 0.4) is 0 Å². The van der Waals surface area contributed by atoms with Gasteiger partial charge in [0.05, 0.1) is 4.87 Å². The summed E-state index contributed by atoms with van der Waals surface area (Å²) in [7, 11) is 0. The van der Waals surface area contributed by atoms with Gasteiger partial charge in [0.25, 0.3) is 0 Å². The third-order valence-corrected chi connectivity index (χ3v) is 2.67. The van der Waals surface area contributed by atoms with E-state index >= 15 is 0 Å². The van der Waals surface area contributed by atoms with Gasteiger partial charge in [-0.3, -0.25) is 0 Å². The van der Waals surface area contributed by atoms with Crippen molar-refractivity contribution in [1.29, 1.82) is 0 Å². The molecule has 1 fully saturated rings. The van der Waals surface area contributed by atoms with E-state index in [0.717, 1.165) is 18.4 Å². The number of hydrogen-bond donors (Lipinski definition) is 1. The summed E-state index contributed by atoms with van der Waals surface area (Å²) in [6, 6.07) is 7.13. The monoisotopic (exact) mass is 168 g/mol. The Labute approximate surface area is 70.6 Å². The average molecular weight is 169 g/mol. The topological polar surface area (TPSA) is 20.2 Å². The predicted molar refractivity (Wildman–Crippen MR) is 44.9 cm³/mol. The van der Waals surface area contributed by atoms with Crippen LogP contribution < -0.4 is 0 Å². The zero-order valence-electron chi connectivity index (χ0n) is 6.05. The predicted octanol–water partition coefficient (Wildman–Crippen LogP) is 2.62. The van der Waals surface area contributed by atoms with Gasteiger partial charge in [-0.15, -0.1) is 11.6 Å². The molecule has 0 unspecified atom stereocenters. The molecule has 1 saturated carbocycles. The molecular weight excluding hydrogens is 160 g/mol. The van der Waals surface area contributed by atoms with Crippen LogP contribution in [0.5, 0.6) is 5.75 Å². The van der Waals surface area contributed by atoms with E-state index in [1.807, 2.05) is 12.1 Å². The Morgan fingerprint density at radius 1 is 1.18 bits per heavy atom. The zero-order chi connectivity index (χ0) is 7.90. The summed E-state index contributed by atoms with van der Waals surface area (Å²) in [5.41, 5.74) is 1.12. The van der Waals surface area contributed by atoms with Crippen molar-refractivity contribution in [3.05, 3.63) is 29.8 Å². The van der Waals surface area contributed by atoms with Crippen molar-refractivity contribution in [2.45, 2.75) is 17.7 Å². The molecule has 0 amide bonds. The van der Waals surface area contributed by atoms with Crippen molar-refractivity contribution in [2.75, 3.05) is 0 Å². The Balaban J connectivity index is 2.33. The Kier molecular flexibility index (Phi) is 1.36. The molecule has 11 heavy (non-hydrogen) atoms. The number of phenolic OH excluding ortho intramolecular Hbond substituents is 1. The lowest BCUT2D eigenvalue weighted by Gasteiger charge is -2.04. The van der Waals surface area contributed by atoms with Gasteiger partial charge in [-0.2, -0.15) is 0 Å². The lowest BCUT2D eigenvalue weighted by atomic mass is 10.1. The summed E-state index contributed by atoms with van der Waals surface area (Å²) in [6.07, 6.45) is 2.11. The highest BCUT2D eigenvalue weighted by molar-refractivity contribution is 6.25. The highest BCUT2D eigenvalue weighted by atomic mass is 35.5. The quantitative estimate of drug-likeness (QED) is 0.640. The van der Waals surface area contributed by atoms with Crippen LogP contribution in [0, 0.1) is 0 Å². The van der Waals surface area contributed by atoms with Gasteiger partial charge in [-0.1, -0.05) is 12.1 Å². The fraction of sp³-hybridized carbons (Fsp3) is 0.333. The molecule has 1 aromatic carbocycles. The standard InChI is InChI=1S/C9H9ClO/c10-9(5-6-9)7-1-3-8(11)4-2-7/h1-4,11H,5-6H2. The first-order valence-electron chi connectivity index (χ1n) is 3.69. The maximum atomic E-state index is 9.00. The number of hydrogen-bond acceptors (Lipinski definition) is 1. The highest BCUT2D eigenvalue weighted by Gasteiger charge is 2.41. The van der Waals surface area contributed by atoms with E-state index in [9.17, 15) is 0 Å². The van der Waals surface area contributed by atoms with Crippen molar-refractivity contribution < 1.29 is 5.11 Å². The second-order valence-electron chi connectivity index (χ2n) is 3.01. The molecule has 0 spiro atoms. The SMILES string of the molecule is Oc1ccc(C2(Cl)CC2)cc1. The average Bonchev–Trinajstić information content (AvgIpc) is 2.70. The number of rotatable bonds is 1. The molecule has 0 saturated heterocycles. The molecule has 58 valence electrons. The van der Waals surface area contributed by atoms with E-state index < -0.39 is 0 Å². The number of aromatic hydroxyl groups is 1. The minimum atomic E-state index is -0.103. The van der Waals surface area contributed by atoms with Crippen LogP contribution in [0.1, 0.15) is 18.4 Å². The molecule has 1 aliphatic carbocycles. The molecule has 1 nitrogen and oxygen atoms in total. The third kappa shape index (κ3) is 1.21. The van der Waals surface area contributed by atoms with E-state index in [1.54, 1.807) is 12.1 Å². The van der Waals surface area contributed by atoms with Crippen molar-refractivity contribution in [3.63, 3.8) is 0 Å². The molecule has 0 atom stereocenters. The molecule has 1 N–H and O–H groups in total. The Hall–Kier alpha value is -0.690. The van der Waals surface area contributed by atoms with Gasteiger partial charge in [0, 0.05) is 0 Å². The van der Waals surface area contributed by atoms with Gasteiger partial charge in [0.2, 0.25) is 0 Å². The van der Waals surface area contributed by atoms with Crippen molar-refractivity contribution in [3.8, 4) is 5.75 Å². The first-order chi connectivity index (χ1) is 5.21. The van der Waals surface area contributed by atoms with Gasteiger partial charge in [-0.05, 0) is 30.5 Å². The normalized spacial score (nSPS) is 19.7. The number of halogens is 1. The Bertz CT molecular complexity index is 261. The van der Waals surface area contributed by atoms with Crippen LogP contribution in [0.4, 0.5) is 0 Å². The van der Waals surface area contributed by atoms with Gasteiger partial charge < -0.3 is 5.11 Å². The Morgan fingerprint density at radius 2 is 1.73 bits per heavy atom. The lowest BCUT2D eigenvalue weighted by molar-refractivity contribution is 0.475. The van der Waals surface area contributed by atoms with E-state index in [2.05, 4.69) is 0 Å². The molecular formula is C9H9ClO. The van der Waals surface area contributed by atoms with E-state index in [0.29, 0.717) is 5.75 Å². The second kappa shape index (κ2) is 2.15. The second-order valence-corrected chi connectivity index (χ2v) is 3.74. The number of benzene rings is 1. The van der Waals surface area contributed by atoms with E-state index in [1.165, 1.54) is 0 Å². The Morgan fingerprint density at radius 3 is 2.18 bits per heavy atom. The maximum Gasteiger partial charge on any atom is 0.115 e. The summed E-state index contributed by atoms with van der Waals surface area (Å²) in [4.78, 5) is -0.103. The highest BCUT2D eigenvalue weighted by Crippen LogP contribution is 2.51. The largest absolute Gasteiger partial charge is 0.508 e. The lowest BCUT2D eigenvalue weighted by Crippen LogP contribution is -1.93. The zero-order valence-corrected chi connectivity index (χ0v) is 6.80. The van der Waals surface area contributed by atoms with Gasteiger partial charge >= 0.3 is 0 Å². The van der Waals surface area contributed by atoms with Crippen molar-refractivity contribution >= 4 is 11.6 Å². The van der Waals surface area contributed by atoms with Crippen LogP contribution in [-0.4, -0.2) is 5.11 Å². The molecule has 2 rings (SSSR count). The summed E-state index contributed by atoms with van der Waals surface area (Å²) in [5.74, 6) is 0.301. The minimum Gasteiger partial charge on any atom is -0.508 e. The molecule has 1 aliphatic rings. The minimum absolute atomic E-state index is 0.103. The summed E-state index contributed by atoms with van der Waals surface area (Å²) >= 11 is 6.14. The summed E-state index contributed by atoms with van der Waals surface area (Å²) in [6.45, 7) is 0. The molecule has 0 bridgehead atoms. The van der Waals surface area contributed by atoms with Crippen LogP contribution >= 0.6 is 11.6 Å². The van der Waals surface area contributed by atoms with Crippen molar-refractivity contribution in [2.24, 2.45) is 0 Å². The van der Waals surface area contributed by atoms with Crippen LogP contribution in [0.15, 0.2) is 24.3 Å². The number of alkyl halides is 1. The summed E-state index contributed by atoms with van der Waals surface area (Å²) < 4.78 is 0. The molecule has 2 heteroatoms. The first kappa shape index (κ1) is 6.99. The molecule has 0 radical (unpaired) electrons. The van der Waals surface area contributed by atoms with E-state index in [-0.39, 0.29) is 4.87 Å². The van der Waals surface area contributed by atoms with Crippen LogP contribution in [0.2, 0.25) is 0 Å².